The summed E-state index contributed by atoms with van der Waals surface area (Å²) < 4.78 is 1.61. The molecule has 0 radical (unpaired) electrons. The van der Waals surface area contributed by atoms with Crippen molar-refractivity contribution >= 4 is 22.7 Å². The second kappa shape index (κ2) is 6.19. The van der Waals surface area contributed by atoms with E-state index in [1.807, 2.05) is 25.2 Å². The maximum atomic E-state index is 12.3. The Bertz CT molecular complexity index is 1060. The molecule has 0 saturated carbocycles. The number of likely N-dealkylation sites (N-methyl/N-ethyl adjacent to an activating group) is 1. The van der Waals surface area contributed by atoms with Crippen LogP contribution in [-0.2, 0) is 7.05 Å². The molecule has 1 aliphatic heterocycles. The Kier molecular flexibility index (Phi) is 3.84. The van der Waals surface area contributed by atoms with E-state index >= 15 is 0 Å². The van der Waals surface area contributed by atoms with E-state index in [2.05, 4.69) is 30.9 Å². The number of benzene rings is 1. The van der Waals surface area contributed by atoms with Gasteiger partial charge in [-0.05, 0) is 24.6 Å². The summed E-state index contributed by atoms with van der Waals surface area (Å²) in [7, 11) is 3.81. The fourth-order valence-electron chi connectivity index (χ4n) is 3.43. The molecule has 1 saturated heterocycles. The number of fused-ring (bicyclic) bond motifs is 1. The molecule has 1 fully saturated rings. The summed E-state index contributed by atoms with van der Waals surface area (Å²) in [6.07, 6.45) is 2.48. The molecule has 8 heteroatoms. The number of nitrogens with one attached hydrogen (secondary N) is 1. The van der Waals surface area contributed by atoms with Crippen molar-refractivity contribution in [2.75, 3.05) is 29.9 Å². The lowest BCUT2D eigenvalue weighted by Crippen LogP contribution is -2.35. The SMILES string of the molecule is CN(c1cccc(C#N)c1)C1CCN(c2nc3c(cnn3C)c(=O)[nH]2)C1. The minimum atomic E-state index is -0.170. The zero-order valence-electron chi connectivity index (χ0n) is 14.7. The number of nitrogens with zero attached hydrogens (tertiary/aromatic N) is 6. The van der Waals surface area contributed by atoms with E-state index in [9.17, 15) is 4.79 Å². The fourth-order valence-corrected chi connectivity index (χ4v) is 3.43. The Hall–Kier alpha value is -3.34. The maximum absolute atomic E-state index is 12.3. The van der Waals surface area contributed by atoms with E-state index in [1.165, 1.54) is 6.20 Å². The summed E-state index contributed by atoms with van der Waals surface area (Å²) in [5, 5.41) is 13.7. The molecule has 26 heavy (non-hydrogen) atoms. The molecule has 3 aromatic rings. The van der Waals surface area contributed by atoms with Gasteiger partial charge in [0.05, 0.1) is 17.8 Å². The third-order valence-corrected chi connectivity index (χ3v) is 4.98. The van der Waals surface area contributed by atoms with Crippen molar-refractivity contribution < 1.29 is 0 Å². The van der Waals surface area contributed by atoms with Gasteiger partial charge in [-0.2, -0.15) is 15.3 Å². The minimum Gasteiger partial charge on any atom is -0.370 e. The van der Waals surface area contributed by atoms with Crippen LogP contribution < -0.4 is 15.4 Å². The molecule has 2 aromatic heterocycles. The summed E-state index contributed by atoms with van der Waals surface area (Å²) in [5.74, 6) is 0.577. The van der Waals surface area contributed by atoms with Crippen molar-refractivity contribution in [3.8, 4) is 6.07 Å². The van der Waals surface area contributed by atoms with E-state index in [4.69, 9.17) is 5.26 Å². The molecule has 8 nitrogen and oxygen atoms in total. The van der Waals surface area contributed by atoms with E-state index in [0.717, 1.165) is 25.2 Å². The number of aryl methyl sites for hydroxylation is 1. The number of hydrogen-bond acceptors (Lipinski definition) is 6. The van der Waals surface area contributed by atoms with Crippen LogP contribution in [0.25, 0.3) is 11.0 Å². The van der Waals surface area contributed by atoms with Gasteiger partial charge in [-0.25, -0.2) is 0 Å². The largest absolute Gasteiger partial charge is 0.370 e. The molecular weight excluding hydrogens is 330 g/mol. The quantitative estimate of drug-likeness (QED) is 0.765. The molecule has 0 spiro atoms. The van der Waals surface area contributed by atoms with Crippen LogP contribution in [0.1, 0.15) is 12.0 Å². The highest BCUT2D eigenvalue weighted by Crippen LogP contribution is 2.24. The Morgan fingerprint density at radius 1 is 1.42 bits per heavy atom. The molecule has 1 aliphatic rings. The second-order valence-corrected chi connectivity index (χ2v) is 6.56. The number of aromatic nitrogens is 4. The summed E-state index contributed by atoms with van der Waals surface area (Å²) in [6, 6.07) is 10.0. The molecule has 0 bridgehead atoms. The smallest absolute Gasteiger partial charge is 0.263 e. The number of rotatable bonds is 3. The zero-order chi connectivity index (χ0) is 18.3. The summed E-state index contributed by atoms with van der Waals surface area (Å²) in [5.41, 5.74) is 2.08. The Balaban J connectivity index is 1.58. The number of aromatic amines is 1. The fraction of sp³-hybridized carbons (Fsp3) is 0.333. The monoisotopic (exact) mass is 349 g/mol. The molecule has 132 valence electrons. The van der Waals surface area contributed by atoms with Crippen molar-refractivity contribution in [3.63, 3.8) is 0 Å². The first-order chi connectivity index (χ1) is 12.6. The first-order valence-corrected chi connectivity index (χ1v) is 8.47. The molecule has 1 unspecified atom stereocenters. The van der Waals surface area contributed by atoms with Gasteiger partial charge in [-0.15, -0.1) is 0 Å². The minimum absolute atomic E-state index is 0.170. The molecule has 1 N–H and O–H groups in total. The molecule has 3 heterocycles. The lowest BCUT2D eigenvalue weighted by atomic mass is 10.1. The van der Waals surface area contributed by atoms with E-state index in [0.29, 0.717) is 22.5 Å². The van der Waals surface area contributed by atoms with Crippen LogP contribution in [0.4, 0.5) is 11.6 Å². The molecule has 1 aromatic carbocycles. The second-order valence-electron chi connectivity index (χ2n) is 6.56. The molecule has 0 amide bonds. The van der Waals surface area contributed by atoms with Crippen LogP contribution in [0, 0.1) is 11.3 Å². The van der Waals surface area contributed by atoms with Gasteiger partial charge in [-0.1, -0.05) is 6.07 Å². The van der Waals surface area contributed by atoms with Crippen LogP contribution >= 0.6 is 0 Å². The van der Waals surface area contributed by atoms with Crippen molar-refractivity contribution in [1.29, 1.82) is 5.26 Å². The van der Waals surface area contributed by atoms with Crippen molar-refractivity contribution in [2.45, 2.75) is 12.5 Å². The topological polar surface area (TPSA) is 93.8 Å². The van der Waals surface area contributed by atoms with E-state index in [-0.39, 0.29) is 11.6 Å². The van der Waals surface area contributed by atoms with Crippen LogP contribution in [0.2, 0.25) is 0 Å². The van der Waals surface area contributed by atoms with Crippen molar-refractivity contribution in [1.82, 2.24) is 19.7 Å². The molecular formula is C18H19N7O. The third-order valence-electron chi connectivity index (χ3n) is 4.98. The highest BCUT2D eigenvalue weighted by atomic mass is 16.1. The van der Waals surface area contributed by atoms with Gasteiger partial charge in [0.1, 0.15) is 5.39 Å². The van der Waals surface area contributed by atoms with Crippen LogP contribution in [-0.4, -0.2) is 45.9 Å². The molecule has 0 aliphatic carbocycles. The Morgan fingerprint density at radius 3 is 3.08 bits per heavy atom. The predicted octanol–water partition coefficient (Wildman–Crippen LogP) is 1.24. The first-order valence-electron chi connectivity index (χ1n) is 8.47. The lowest BCUT2D eigenvalue weighted by molar-refractivity contribution is 0.691. The van der Waals surface area contributed by atoms with Gasteiger partial charge in [0.2, 0.25) is 5.95 Å². The van der Waals surface area contributed by atoms with Gasteiger partial charge < -0.3 is 9.80 Å². The number of hydrogen-bond donors (Lipinski definition) is 1. The number of H-pyrrole nitrogens is 1. The normalized spacial score (nSPS) is 16.8. The number of anilines is 2. The summed E-state index contributed by atoms with van der Waals surface area (Å²) in [6.45, 7) is 1.55. The standard InChI is InChI=1S/C18H19N7O/c1-23(13-5-3-4-12(8-13)9-19)14-6-7-25(11-14)18-21-16-15(17(26)22-18)10-20-24(16)2/h3-5,8,10,14H,6-7,11H2,1-2H3,(H,21,22,26). The first kappa shape index (κ1) is 16.1. The molecule has 4 rings (SSSR count). The van der Waals surface area contributed by atoms with Crippen molar-refractivity contribution in [2.24, 2.45) is 7.05 Å². The highest BCUT2D eigenvalue weighted by molar-refractivity contribution is 5.74. The van der Waals surface area contributed by atoms with E-state index in [1.54, 1.807) is 17.8 Å². The molecule has 1 atom stereocenters. The number of nitriles is 1. The predicted molar refractivity (Wildman–Crippen MR) is 99.3 cm³/mol. The van der Waals surface area contributed by atoms with Crippen LogP contribution in [0.3, 0.4) is 0 Å². The maximum Gasteiger partial charge on any atom is 0.263 e. The van der Waals surface area contributed by atoms with Gasteiger partial charge >= 0.3 is 0 Å². The van der Waals surface area contributed by atoms with Gasteiger partial charge in [-0.3, -0.25) is 14.5 Å². The lowest BCUT2D eigenvalue weighted by Gasteiger charge is -2.27. The van der Waals surface area contributed by atoms with Crippen molar-refractivity contribution in [3.05, 3.63) is 46.4 Å². The van der Waals surface area contributed by atoms with Crippen LogP contribution in [0.5, 0.6) is 0 Å². The van der Waals surface area contributed by atoms with Gasteiger partial charge in [0.15, 0.2) is 5.65 Å². The zero-order valence-corrected chi connectivity index (χ0v) is 14.7. The third kappa shape index (κ3) is 2.67. The summed E-state index contributed by atoms with van der Waals surface area (Å²) in [4.78, 5) is 24.0. The average Bonchev–Trinajstić information content (AvgIpc) is 3.29. The highest BCUT2D eigenvalue weighted by Gasteiger charge is 2.28. The summed E-state index contributed by atoms with van der Waals surface area (Å²) >= 11 is 0. The van der Waals surface area contributed by atoms with Gasteiger partial charge in [0.25, 0.3) is 5.56 Å². The Morgan fingerprint density at radius 2 is 2.27 bits per heavy atom. The average molecular weight is 349 g/mol. The van der Waals surface area contributed by atoms with Gasteiger partial charge in [0, 0.05) is 38.9 Å². The van der Waals surface area contributed by atoms with E-state index < -0.39 is 0 Å². The van der Waals surface area contributed by atoms with Crippen LogP contribution in [0.15, 0.2) is 35.3 Å². The Labute approximate surface area is 150 Å².